The molecule has 1 heterocycles. The zero-order chi connectivity index (χ0) is 10.7. The number of thioether (sulfide) groups is 1. The monoisotopic (exact) mass is 225 g/mol. The van der Waals surface area contributed by atoms with Gasteiger partial charge < -0.3 is 15.2 Å². The van der Waals surface area contributed by atoms with Gasteiger partial charge in [0.2, 0.25) is 0 Å². The molecule has 1 aliphatic rings. The number of hydrogen-bond acceptors (Lipinski definition) is 4. The summed E-state index contributed by atoms with van der Waals surface area (Å²) in [5, 5.41) is 12.1. The summed E-state index contributed by atoms with van der Waals surface area (Å²) in [5.74, 6) is 0.913. The Labute approximate surface area is 91.6 Å². The number of cyclic esters (lactones) is 1. The van der Waals surface area contributed by atoms with Crippen molar-refractivity contribution in [3.63, 3.8) is 0 Å². The molecule has 5 heteroatoms. The highest BCUT2D eigenvalue weighted by Gasteiger charge is 2.22. The lowest BCUT2D eigenvalue weighted by Gasteiger charge is -2.07. The van der Waals surface area contributed by atoms with Crippen molar-refractivity contribution >= 4 is 17.9 Å². The van der Waals surface area contributed by atoms with Gasteiger partial charge in [0.15, 0.2) is 0 Å². The fraction of sp³-hybridized carbons (Fsp3) is 0.300. The van der Waals surface area contributed by atoms with Crippen molar-refractivity contribution in [1.29, 1.82) is 0 Å². The first kappa shape index (κ1) is 10.2. The number of carbonyl (C=O) groups excluding carboxylic acids is 1. The van der Waals surface area contributed by atoms with Crippen LogP contribution in [-0.4, -0.2) is 29.6 Å². The average molecular weight is 225 g/mol. The topological polar surface area (TPSA) is 58.6 Å². The van der Waals surface area contributed by atoms with Crippen LogP contribution in [0.25, 0.3) is 0 Å². The Bertz CT molecular complexity index is 369. The van der Waals surface area contributed by atoms with E-state index in [0.717, 1.165) is 4.90 Å². The quantitative estimate of drug-likeness (QED) is 0.767. The van der Waals surface area contributed by atoms with E-state index in [1.807, 2.05) is 12.1 Å². The van der Waals surface area contributed by atoms with Gasteiger partial charge in [-0.25, -0.2) is 4.79 Å². The van der Waals surface area contributed by atoms with Gasteiger partial charge in [-0.15, -0.1) is 11.8 Å². The summed E-state index contributed by atoms with van der Waals surface area (Å²) >= 11 is 1.48. The number of hydrogen-bond donors (Lipinski definition) is 2. The molecule has 2 N–H and O–H groups in total. The van der Waals surface area contributed by atoms with Gasteiger partial charge in [-0.3, -0.25) is 0 Å². The number of benzene rings is 1. The molecule has 2 rings (SSSR count). The molecule has 15 heavy (non-hydrogen) atoms. The highest BCUT2D eigenvalue weighted by atomic mass is 32.2. The van der Waals surface area contributed by atoms with Crippen molar-refractivity contribution in [1.82, 2.24) is 5.32 Å². The molecular weight excluding hydrogens is 214 g/mol. The summed E-state index contributed by atoms with van der Waals surface area (Å²) < 4.78 is 4.97. The molecule has 1 aliphatic heterocycles. The smallest absolute Gasteiger partial charge is 0.407 e. The largest absolute Gasteiger partial charge is 0.507 e. The van der Waals surface area contributed by atoms with Crippen LogP contribution in [0.2, 0.25) is 0 Å². The normalized spacial score (nSPS) is 19.7. The molecule has 0 saturated carbocycles. The van der Waals surface area contributed by atoms with Crippen molar-refractivity contribution in [3.8, 4) is 5.75 Å². The molecule has 80 valence electrons. The van der Waals surface area contributed by atoms with E-state index in [4.69, 9.17) is 4.74 Å². The number of phenolic OH excluding ortho intramolecular Hbond substituents is 1. The van der Waals surface area contributed by atoms with Gasteiger partial charge in [-0.2, -0.15) is 0 Å². The molecule has 1 aromatic carbocycles. The molecule has 0 spiro atoms. The minimum atomic E-state index is -0.363. The van der Waals surface area contributed by atoms with Gasteiger partial charge in [0.1, 0.15) is 11.9 Å². The van der Waals surface area contributed by atoms with Gasteiger partial charge in [-0.1, -0.05) is 12.1 Å². The molecular formula is C10H11NO3S. The van der Waals surface area contributed by atoms with Crippen LogP contribution >= 0.6 is 11.8 Å². The maximum absolute atomic E-state index is 10.7. The summed E-state index contributed by atoms with van der Waals surface area (Å²) in [6.07, 6.45) is -0.472. The summed E-state index contributed by atoms with van der Waals surface area (Å²) in [5.41, 5.74) is 0. The number of alkyl carbamates (subject to hydrolysis) is 1. The zero-order valence-electron chi connectivity index (χ0n) is 7.97. The van der Waals surface area contributed by atoms with E-state index in [2.05, 4.69) is 5.32 Å². The average Bonchev–Trinajstić information content (AvgIpc) is 2.63. The lowest BCUT2D eigenvalue weighted by atomic mass is 10.3. The van der Waals surface area contributed by atoms with E-state index < -0.39 is 0 Å². The van der Waals surface area contributed by atoms with E-state index in [1.54, 1.807) is 12.1 Å². The summed E-state index contributed by atoms with van der Waals surface area (Å²) in [7, 11) is 0. The summed E-state index contributed by atoms with van der Waals surface area (Å²) in [6.45, 7) is 0.541. The van der Waals surface area contributed by atoms with Crippen LogP contribution < -0.4 is 5.32 Å². The molecule has 0 bridgehead atoms. The maximum Gasteiger partial charge on any atom is 0.407 e. The first-order valence-corrected chi connectivity index (χ1v) is 5.59. The van der Waals surface area contributed by atoms with Crippen molar-refractivity contribution in [3.05, 3.63) is 24.3 Å². The molecule has 0 aliphatic carbocycles. The zero-order valence-corrected chi connectivity index (χ0v) is 8.79. The predicted molar refractivity (Wildman–Crippen MR) is 57.1 cm³/mol. The van der Waals surface area contributed by atoms with Crippen molar-refractivity contribution in [2.45, 2.75) is 11.0 Å². The second kappa shape index (κ2) is 4.44. The minimum Gasteiger partial charge on any atom is -0.507 e. The van der Waals surface area contributed by atoms with E-state index in [-0.39, 0.29) is 17.9 Å². The molecule has 1 atom stereocenters. The Balaban J connectivity index is 1.88. The predicted octanol–water partition coefficient (Wildman–Crippen LogP) is 1.59. The maximum atomic E-state index is 10.7. The third kappa shape index (κ3) is 2.56. The van der Waals surface area contributed by atoms with E-state index >= 15 is 0 Å². The van der Waals surface area contributed by atoms with Gasteiger partial charge in [-0.05, 0) is 12.1 Å². The first-order valence-electron chi connectivity index (χ1n) is 4.61. The van der Waals surface area contributed by atoms with E-state index in [1.165, 1.54) is 11.8 Å². The van der Waals surface area contributed by atoms with Crippen molar-refractivity contribution in [2.75, 3.05) is 12.3 Å². The molecule has 4 nitrogen and oxygen atoms in total. The van der Waals surface area contributed by atoms with Crippen LogP contribution in [0.15, 0.2) is 29.2 Å². The fourth-order valence-corrected chi connectivity index (χ4v) is 2.23. The Morgan fingerprint density at radius 2 is 2.33 bits per heavy atom. The molecule has 1 aromatic rings. The molecule has 0 radical (unpaired) electrons. The molecule has 0 aromatic heterocycles. The number of ether oxygens (including phenoxy) is 1. The van der Waals surface area contributed by atoms with Gasteiger partial charge in [0, 0.05) is 10.6 Å². The lowest BCUT2D eigenvalue weighted by Crippen LogP contribution is -2.16. The molecule has 1 unspecified atom stereocenters. The highest BCUT2D eigenvalue weighted by molar-refractivity contribution is 7.99. The van der Waals surface area contributed by atoms with Crippen LogP contribution in [0.4, 0.5) is 4.79 Å². The number of carbonyl (C=O) groups is 1. The lowest BCUT2D eigenvalue weighted by molar-refractivity contribution is 0.150. The Hall–Kier alpha value is -1.36. The molecule has 1 amide bonds. The van der Waals surface area contributed by atoms with Crippen LogP contribution in [0.1, 0.15) is 0 Å². The standard InChI is InChI=1S/C10H11NO3S/c12-8-3-1-2-4-9(8)15-6-7-5-11-10(13)14-7/h1-4,7,12H,5-6H2,(H,11,13). The SMILES string of the molecule is O=C1NCC(CSc2ccccc2O)O1. The number of phenols is 1. The van der Waals surface area contributed by atoms with Gasteiger partial charge >= 0.3 is 6.09 Å². The molecule has 1 fully saturated rings. The van der Waals surface area contributed by atoms with Crippen molar-refractivity contribution < 1.29 is 14.6 Å². The van der Waals surface area contributed by atoms with Crippen LogP contribution in [0.5, 0.6) is 5.75 Å². The number of rotatable bonds is 3. The second-order valence-electron chi connectivity index (χ2n) is 3.19. The summed E-state index contributed by atoms with van der Waals surface area (Å²) in [6, 6.07) is 7.11. The third-order valence-corrected chi connectivity index (χ3v) is 3.23. The van der Waals surface area contributed by atoms with Crippen LogP contribution in [0, 0.1) is 0 Å². The highest BCUT2D eigenvalue weighted by Crippen LogP contribution is 2.28. The van der Waals surface area contributed by atoms with Gasteiger partial charge in [0.05, 0.1) is 6.54 Å². The third-order valence-electron chi connectivity index (χ3n) is 2.04. The minimum absolute atomic E-state index is 0.109. The molecule has 1 saturated heterocycles. The van der Waals surface area contributed by atoms with E-state index in [0.29, 0.717) is 12.3 Å². The Morgan fingerprint density at radius 1 is 1.53 bits per heavy atom. The first-order chi connectivity index (χ1) is 7.25. The Morgan fingerprint density at radius 3 is 3.00 bits per heavy atom. The number of para-hydroxylation sites is 1. The second-order valence-corrected chi connectivity index (χ2v) is 4.25. The van der Waals surface area contributed by atoms with Crippen LogP contribution in [-0.2, 0) is 4.74 Å². The number of aromatic hydroxyl groups is 1. The number of amides is 1. The fourth-order valence-electron chi connectivity index (χ4n) is 1.29. The number of nitrogens with one attached hydrogen (secondary N) is 1. The van der Waals surface area contributed by atoms with Crippen molar-refractivity contribution in [2.24, 2.45) is 0 Å². The summed E-state index contributed by atoms with van der Waals surface area (Å²) in [4.78, 5) is 11.5. The van der Waals surface area contributed by atoms with Gasteiger partial charge in [0.25, 0.3) is 0 Å². The Kier molecular flexibility index (Phi) is 3.01. The van der Waals surface area contributed by atoms with Crippen LogP contribution in [0.3, 0.4) is 0 Å². The van der Waals surface area contributed by atoms with E-state index in [9.17, 15) is 9.90 Å².